The highest BCUT2D eigenvalue weighted by molar-refractivity contribution is 7.48. The number of aliphatic hydroxyl groups is 2. The first-order valence-corrected chi connectivity index (χ1v) is 25.8. The van der Waals surface area contributed by atoms with E-state index in [0.717, 1.165) is 5.57 Å². The van der Waals surface area contributed by atoms with Gasteiger partial charge < -0.3 is 38.8 Å². The summed E-state index contributed by atoms with van der Waals surface area (Å²) < 4.78 is 60.7. The monoisotopic (exact) mass is 977 g/mol. The lowest BCUT2D eigenvalue weighted by molar-refractivity contribution is -0.302. The summed E-state index contributed by atoms with van der Waals surface area (Å²) in [5.74, 6) is -7.99. The summed E-state index contributed by atoms with van der Waals surface area (Å²) in [7, 11) is 1.83. The Morgan fingerprint density at radius 2 is 1.65 bits per heavy atom. The molecule has 15 atom stereocenters. The van der Waals surface area contributed by atoms with Crippen LogP contribution in [0.5, 0.6) is 0 Å². The lowest BCUT2D eigenvalue weighted by Crippen LogP contribution is -2.64. The third kappa shape index (κ3) is 13.8. The molecule has 1 aromatic rings. The Hall–Kier alpha value is -3.22. The van der Waals surface area contributed by atoms with Crippen molar-refractivity contribution >= 4 is 31.3 Å². The van der Waals surface area contributed by atoms with Gasteiger partial charge in [-0.15, -0.1) is 0 Å². The molecule has 382 valence electrons. The van der Waals surface area contributed by atoms with Crippen molar-refractivity contribution < 1.29 is 71.2 Å². The molecule has 3 aliphatic heterocycles. The molecule has 1 amide bonds. The van der Waals surface area contributed by atoms with Crippen LogP contribution in [0.1, 0.15) is 118 Å². The Balaban J connectivity index is 1.45. The summed E-state index contributed by atoms with van der Waals surface area (Å²) in [5, 5.41) is 24.0. The summed E-state index contributed by atoms with van der Waals surface area (Å²) >= 11 is 0. The molecule has 18 heteroatoms. The molecule has 1 saturated carbocycles. The zero-order valence-corrected chi connectivity index (χ0v) is 42.6. The number of nitrogens with zero attached hydrogens (tertiary/aromatic N) is 2. The fourth-order valence-corrected chi connectivity index (χ4v) is 11.5. The van der Waals surface area contributed by atoms with E-state index in [-0.39, 0.29) is 50.0 Å². The Morgan fingerprint density at radius 3 is 2.29 bits per heavy atom. The summed E-state index contributed by atoms with van der Waals surface area (Å²) in [5.41, 5.74) is 2.12. The van der Waals surface area contributed by atoms with Crippen molar-refractivity contribution in [2.75, 3.05) is 35.0 Å². The van der Waals surface area contributed by atoms with E-state index in [1.807, 2.05) is 32.9 Å². The van der Waals surface area contributed by atoms with Gasteiger partial charge in [-0.25, -0.2) is 9.36 Å². The number of aromatic nitrogens is 1. The number of phosphoric acid groups is 1. The number of allylic oxidation sites excluding steroid dienone is 3. The zero-order valence-electron chi connectivity index (χ0n) is 41.7. The number of hydrogen-bond acceptors (Lipinski definition) is 16. The van der Waals surface area contributed by atoms with Crippen LogP contribution in [0.25, 0.3) is 0 Å². The number of rotatable bonds is 12. The average Bonchev–Trinajstić information content (AvgIpc) is 3.33. The van der Waals surface area contributed by atoms with Crippen molar-refractivity contribution in [3.63, 3.8) is 0 Å². The van der Waals surface area contributed by atoms with Gasteiger partial charge in [0.15, 0.2) is 0 Å². The van der Waals surface area contributed by atoms with Crippen LogP contribution in [-0.4, -0.2) is 133 Å². The number of ether oxygens (including phenoxy) is 5. The second-order valence-electron chi connectivity index (χ2n) is 19.5. The maximum Gasteiger partial charge on any atom is 0.475 e. The first kappa shape index (κ1) is 55.7. The molecule has 68 heavy (non-hydrogen) atoms. The van der Waals surface area contributed by atoms with E-state index in [1.54, 1.807) is 45.2 Å². The minimum Gasteiger partial charge on any atom is -0.456 e. The van der Waals surface area contributed by atoms with Crippen molar-refractivity contribution in [3.8, 4) is 0 Å². The molecule has 2 unspecified atom stereocenters. The first-order chi connectivity index (χ1) is 32.3. The number of pyridine rings is 1. The van der Waals surface area contributed by atoms with Gasteiger partial charge in [-0.1, -0.05) is 51.5 Å². The molecule has 3 fully saturated rings. The number of carbonyl (C=O) groups excluding carboxylic acids is 4. The van der Waals surface area contributed by atoms with Crippen LogP contribution in [-0.2, 0) is 67.6 Å². The van der Waals surface area contributed by atoms with Crippen LogP contribution >= 0.6 is 7.82 Å². The predicted molar refractivity (Wildman–Crippen MR) is 251 cm³/mol. The van der Waals surface area contributed by atoms with Gasteiger partial charge in [0.25, 0.3) is 11.7 Å². The molecule has 1 aromatic heterocycles. The summed E-state index contributed by atoms with van der Waals surface area (Å²) in [6, 6.07) is 4.10. The maximum absolute atomic E-state index is 14.5. The Labute approximate surface area is 402 Å². The molecular formula is C50H77N2O15P. The lowest BCUT2D eigenvalue weighted by Gasteiger charge is -2.47. The van der Waals surface area contributed by atoms with Crippen LogP contribution in [0.2, 0.25) is 0 Å². The second kappa shape index (κ2) is 25.2. The number of fused-ring (bicyclic) bond motifs is 3. The van der Waals surface area contributed by atoms with Crippen LogP contribution < -0.4 is 0 Å². The van der Waals surface area contributed by atoms with Crippen molar-refractivity contribution in [3.05, 3.63) is 53.4 Å². The molecule has 4 aliphatic rings. The standard InChI is InChI=1S/C50H77N2O15P/c1-11-36-23-30(2)22-31(3)24-43(61-8)46-44(62-9)26-33(5)50(58,66-46)47(55)48(56)52-21-15-13-17-38(52)49(57)65-45(34(6)39(53)28-40(36)54)32(4)25-35-18-19-41(42(27-35)60-7)67-68(59,63-10)64-29-37-16-12-14-20-51-37/h12,14,16,20,23,25,31,33-36,38-39,41-46,53,58H,11,13,15,17-19,21-22,24,26-29H2,1-10H3/b30-23+,32-25+/t31-,33+,34+,35-,36+,38-,39?,41+,42+,43-,44-,45+,46+,50+,68?/m0/s1. The highest BCUT2D eigenvalue weighted by Gasteiger charge is 2.56. The number of aliphatic hydroxyl groups excluding tert-OH is 1. The molecule has 2 saturated heterocycles. The van der Waals surface area contributed by atoms with E-state index in [9.17, 15) is 34.0 Å². The van der Waals surface area contributed by atoms with E-state index in [4.69, 9.17) is 37.3 Å². The van der Waals surface area contributed by atoms with Gasteiger partial charge in [0, 0.05) is 65.4 Å². The minimum atomic E-state index is -4.01. The van der Waals surface area contributed by atoms with Crippen LogP contribution in [0.4, 0.5) is 0 Å². The highest BCUT2D eigenvalue weighted by atomic mass is 31.2. The zero-order chi connectivity index (χ0) is 49.9. The van der Waals surface area contributed by atoms with Crippen LogP contribution in [0.15, 0.2) is 47.7 Å². The number of carbonyl (C=O) groups is 4. The first-order valence-electron chi connectivity index (χ1n) is 24.3. The van der Waals surface area contributed by atoms with Crippen molar-refractivity contribution in [1.82, 2.24) is 9.88 Å². The van der Waals surface area contributed by atoms with E-state index in [0.29, 0.717) is 62.6 Å². The minimum absolute atomic E-state index is 0.00716. The molecule has 4 heterocycles. The van der Waals surface area contributed by atoms with E-state index in [1.165, 1.54) is 33.3 Å². The number of esters is 1. The Kier molecular flexibility index (Phi) is 20.7. The molecule has 17 nitrogen and oxygen atoms in total. The van der Waals surface area contributed by atoms with Crippen molar-refractivity contribution in [2.24, 2.45) is 29.6 Å². The van der Waals surface area contributed by atoms with Gasteiger partial charge in [0.1, 0.15) is 30.6 Å². The van der Waals surface area contributed by atoms with E-state index < -0.39 is 97.8 Å². The predicted octanol–water partition coefficient (Wildman–Crippen LogP) is 6.86. The SMILES string of the molecule is CC[C@@H]1/C=C(\C)C[C@H](C)C[C@H](OC)[C@H]2O[C@@](O)(C(=O)C(=O)N3CCCC[C@H]3C(=O)O[C@H](/C(C)=C/[C@@H]3CC[C@@H](OP(=O)(OC)OCc4ccccn4)[C@H](OC)C3)[C@H](C)C(O)CC1=O)[C@H](C)C[C@@H]2OC. The largest absolute Gasteiger partial charge is 0.475 e. The quantitative estimate of drug-likeness (QED) is 0.0946. The number of amides is 1. The Morgan fingerprint density at radius 1 is 0.941 bits per heavy atom. The number of piperidine rings is 1. The molecule has 2 N–H and O–H groups in total. The molecule has 0 radical (unpaired) electrons. The molecule has 1 aliphatic carbocycles. The number of phosphoric ester groups is 1. The maximum atomic E-state index is 14.5. The molecular weight excluding hydrogens is 900 g/mol. The number of methoxy groups -OCH3 is 3. The summed E-state index contributed by atoms with van der Waals surface area (Å²) in [6.45, 7) is 11.0. The molecule has 0 spiro atoms. The normalized spacial score (nSPS) is 37.2. The molecule has 0 aromatic carbocycles. The highest BCUT2D eigenvalue weighted by Crippen LogP contribution is 2.52. The summed E-state index contributed by atoms with van der Waals surface area (Å²) in [6.07, 6.45) is 4.16. The average molecular weight is 977 g/mol. The fraction of sp³-hybridized carbons (Fsp3) is 0.740. The number of Topliss-reactive ketones (excluding diaryl/α,β-unsaturated/α-hetero) is 2. The van der Waals surface area contributed by atoms with E-state index >= 15 is 0 Å². The number of cyclic esters (lactones) is 1. The number of ketones is 2. The van der Waals surface area contributed by atoms with Gasteiger partial charge in [-0.05, 0) is 108 Å². The van der Waals surface area contributed by atoms with Crippen LogP contribution in [0, 0.1) is 29.6 Å². The van der Waals surface area contributed by atoms with E-state index in [2.05, 4.69) is 4.98 Å². The molecule has 5 rings (SSSR count). The van der Waals surface area contributed by atoms with Crippen molar-refractivity contribution in [2.45, 2.75) is 173 Å². The van der Waals surface area contributed by atoms with Gasteiger partial charge in [0.2, 0.25) is 5.79 Å². The third-order valence-electron chi connectivity index (χ3n) is 14.5. The van der Waals surface area contributed by atoms with Crippen LogP contribution in [0.3, 0.4) is 0 Å². The summed E-state index contributed by atoms with van der Waals surface area (Å²) in [4.78, 5) is 62.7. The third-order valence-corrected chi connectivity index (χ3v) is 15.9. The second-order valence-corrected chi connectivity index (χ2v) is 21.2. The smallest absolute Gasteiger partial charge is 0.456 e. The van der Waals surface area contributed by atoms with Gasteiger partial charge >= 0.3 is 13.8 Å². The van der Waals surface area contributed by atoms with Crippen molar-refractivity contribution in [1.29, 1.82) is 0 Å². The van der Waals surface area contributed by atoms with Gasteiger partial charge in [0.05, 0.1) is 36.2 Å². The van der Waals surface area contributed by atoms with Gasteiger partial charge in [-0.2, -0.15) is 0 Å². The topological polar surface area (TPSA) is 216 Å². The number of hydrogen-bond donors (Lipinski definition) is 2. The van der Waals surface area contributed by atoms with Gasteiger partial charge in [-0.3, -0.25) is 32.9 Å². The Bertz CT molecular complexity index is 1970. The fourth-order valence-electron chi connectivity index (χ4n) is 10.4. The molecule has 2 bridgehead atoms. The lowest BCUT2D eigenvalue weighted by atomic mass is 9.81.